The van der Waals surface area contributed by atoms with Crippen molar-refractivity contribution in [3.8, 4) is 0 Å². The SMILES string of the molecule is CS(=O)(=O)CCC(=O)N1CCN(C(=O)c2cccc(Cl)c2Cl)CC1. The number of benzene rings is 1. The van der Waals surface area contributed by atoms with Crippen LogP contribution in [0.4, 0.5) is 0 Å². The maximum atomic E-state index is 12.5. The zero-order chi connectivity index (χ0) is 17.9. The molecule has 0 N–H and O–H groups in total. The lowest BCUT2D eigenvalue weighted by atomic mass is 10.1. The van der Waals surface area contributed by atoms with Crippen LogP contribution in [0.25, 0.3) is 0 Å². The Morgan fingerprint density at radius 2 is 1.67 bits per heavy atom. The van der Waals surface area contributed by atoms with Crippen molar-refractivity contribution < 1.29 is 18.0 Å². The summed E-state index contributed by atoms with van der Waals surface area (Å²) in [5, 5.41) is 0.535. The summed E-state index contributed by atoms with van der Waals surface area (Å²) in [5.41, 5.74) is 0.334. The van der Waals surface area contributed by atoms with Crippen LogP contribution in [0, 0.1) is 0 Å². The third-order valence-electron chi connectivity index (χ3n) is 3.79. The van der Waals surface area contributed by atoms with E-state index in [0.717, 1.165) is 6.26 Å². The molecule has 0 bridgehead atoms. The molecule has 1 aromatic carbocycles. The van der Waals surface area contributed by atoms with Crippen molar-refractivity contribution >= 4 is 44.9 Å². The van der Waals surface area contributed by atoms with Crippen LogP contribution < -0.4 is 0 Å². The average molecular weight is 393 g/mol. The second kappa shape index (κ2) is 7.72. The highest BCUT2D eigenvalue weighted by atomic mass is 35.5. The van der Waals surface area contributed by atoms with Crippen molar-refractivity contribution in [2.45, 2.75) is 6.42 Å². The smallest absolute Gasteiger partial charge is 0.255 e. The van der Waals surface area contributed by atoms with Gasteiger partial charge in [-0.25, -0.2) is 8.42 Å². The summed E-state index contributed by atoms with van der Waals surface area (Å²) in [7, 11) is -3.17. The summed E-state index contributed by atoms with van der Waals surface area (Å²) in [6, 6.07) is 4.88. The van der Waals surface area contributed by atoms with E-state index >= 15 is 0 Å². The molecule has 0 atom stereocenters. The molecular weight excluding hydrogens is 375 g/mol. The van der Waals surface area contributed by atoms with E-state index in [1.807, 2.05) is 0 Å². The summed E-state index contributed by atoms with van der Waals surface area (Å²) < 4.78 is 22.3. The lowest BCUT2D eigenvalue weighted by molar-refractivity contribution is -0.132. The van der Waals surface area contributed by atoms with Crippen molar-refractivity contribution in [2.24, 2.45) is 0 Å². The summed E-state index contributed by atoms with van der Waals surface area (Å²) in [6.07, 6.45) is 1.07. The summed E-state index contributed by atoms with van der Waals surface area (Å²) in [6.45, 7) is 1.47. The predicted molar refractivity (Wildman–Crippen MR) is 93.3 cm³/mol. The first-order chi connectivity index (χ1) is 11.2. The van der Waals surface area contributed by atoms with Crippen LogP contribution in [-0.4, -0.2) is 68.2 Å². The number of hydrogen-bond acceptors (Lipinski definition) is 4. The average Bonchev–Trinajstić information content (AvgIpc) is 2.54. The minimum atomic E-state index is -3.17. The zero-order valence-electron chi connectivity index (χ0n) is 13.2. The molecule has 6 nitrogen and oxygen atoms in total. The van der Waals surface area contributed by atoms with Gasteiger partial charge in [-0.3, -0.25) is 9.59 Å². The molecule has 2 amide bonds. The molecule has 1 aliphatic heterocycles. The topological polar surface area (TPSA) is 74.8 Å². The molecule has 0 saturated carbocycles. The summed E-state index contributed by atoms with van der Waals surface area (Å²) in [4.78, 5) is 27.7. The number of carbonyl (C=O) groups excluding carboxylic acids is 2. The maximum Gasteiger partial charge on any atom is 0.255 e. The fourth-order valence-electron chi connectivity index (χ4n) is 2.43. The van der Waals surface area contributed by atoms with E-state index < -0.39 is 9.84 Å². The molecule has 1 fully saturated rings. The van der Waals surface area contributed by atoms with E-state index in [4.69, 9.17) is 23.2 Å². The van der Waals surface area contributed by atoms with Gasteiger partial charge in [-0.1, -0.05) is 29.3 Å². The number of amides is 2. The Balaban J connectivity index is 1.94. The normalized spacial score (nSPS) is 15.5. The Morgan fingerprint density at radius 1 is 1.08 bits per heavy atom. The van der Waals surface area contributed by atoms with Crippen LogP contribution in [0.3, 0.4) is 0 Å². The quantitative estimate of drug-likeness (QED) is 0.781. The maximum absolute atomic E-state index is 12.5. The second-order valence-electron chi connectivity index (χ2n) is 5.65. The fourth-order valence-corrected chi connectivity index (χ4v) is 3.36. The van der Waals surface area contributed by atoms with Gasteiger partial charge in [0.25, 0.3) is 5.91 Å². The van der Waals surface area contributed by atoms with Gasteiger partial charge in [0, 0.05) is 38.9 Å². The van der Waals surface area contributed by atoms with Gasteiger partial charge in [-0.2, -0.15) is 0 Å². The number of piperazine rings is 1. The highest BCUT2D eigenvalue weighted by Crippen LogP contribution is 2.26. The van der Waals surface area contributed by atoms with E-state index in [0.29, 0.717) is 36.8 Å². The Bertz CT molecular complexity index is 744. The third kappa shape index (κ3) is 4.84. The minimum absolute atomic E-state index is 0.0348. The monoisotopic (exact) mass is 392 g/mol. The van der Waals surface area contributed by atoms with Gasteiger partial charge >= 0.3 is 0 Å². The van der Waals surface area contributed by atoms with Crippen molar-refractivity contribution in [1.82, 2.24) is 9.80 Å². The lowest BCUT2D eigenvalue weighted by Gasteiger charge is -2.35. The van der Waals surface area contributed by atoms with Crippen LogP contribution >= 0.6 is 23.2 Å². The lowest BCUT2D eigenvalue weighted by Crippen LogP contribution is -2.50. The van der Waals surface area contributed by atoms with E-state index in [1.165, 1.54) is 0 Å². The van der Waals surface area contributed by atoms with Gasteiger partial charge in [-0.15, -0.1) is 0 Å². The largest absolute Gasteiger partial charge is 0.339 e. The molecule has 0 aliphatic carbocycles. The Labute approximate surface area is 151 Å². The first-order valence-electron chi connectivity index (χ1n) is 7.38. The van der Waals surface area contributed by atoms with Gasteiger partial charge < -0.3 is 9.80 Å². The van der Waals surface area contributed by atoms with Crippen LogP contribution in [0.15, 0.2) is 18.2 Å². The third-order valence-corrected chi connectivity index (χ3v) is 5.55. The summed E-state index contributed by atoms with van der Waals surface area (Å²) in [5.74, 6) is -0.609. The standard InChI is InChI=1S/C15H18Cl2N2O4S/c1-24(22,23)10-5-13(20)18-6-8-19(9-7-18)15(21)11-3-2-4-12(16)14(11)17/h2-4H,5-10H2,1H3. The molecule has 1 aromatic rings. The summed E-state index contributed by atoms with van der Waals surface area (Å²) >= 11 is 12.0. The van der Waals surface area contributed by atoms with Gasteiger partial charge in [0.05, 0.1) is 21.4 Å². The Morgan fingerprint density at radius 3 is 2.25 bits per heavy atom. The first kappa shape index (κ1) is 19.0. The van der Waals surface area contributed by atoms with Crippen molar-refractivity contribution in [3.63, 3.8) is 0 Å². The molecular formula is C15H18Cl2N2O4S. The van der Waals surface area contributed by atoms with Gasteiger partial charge in [0.15, 0.2) is 0 Å². The van der Waals surface area contributed by atoms with E-state index in [-0.39, 0.29) is 29.0 Å². The second-order valence-corrected chi connectivity index (χ2v) is 8.70. The molecule has 1 saturated heterocycles. The number of nitrogens with zero attached hydrogens (tertiary/aromatic N) is 2. The zero-order valence-corrected chi connectivity index (χ0v) is 15.5. The number of carbonyl (C=O) groups is 2. The number of halogens is 2. The van der Waals surface area contributed by atoms with Crippen molar-refractivity contribution in [1.29, 1.82) is 0 Å². The Kier molecular flexibility index (Phi) is 6.11. The molecule has 132 valence electrons. The minimum Gasteiger partial charge on any atom is -0.339 e. The van der Waals surface area contributed by atoms with Crippen LogP contribution in [0.2, 0.25) is 10.0 Å². The number of rotatable bonds is 4. The van der Waals surface area contributed by atoms with Crippen LogP contribution in [0.1, 0.15) is 16.8 Å². The van der Waals surface area contributed by atoms with E-state index in [9.17, 15) is 18.0 Å². The van der Waals surface area contributed by atoms with Gasteiger partial charge in [0.2, 0.25) is 5.91 Å². The van der Waals surface area contributed by atoms with Gasteiger partial charge in [-0.05, 0) is 12.1 Å². The molecule has 0 aromatic heterocycles. The fraction of sp³-hybridized carbons (Fsp3) is 0.467. The van der Waals surface area contributed by atoms with E-state index in [2.05, 4.69) is 0 Å². The highest BCUT2D eigenvalue weighted by molar-refractivity contribution is 7.90. The molecule has 9 heteroatoms. The first-order valence-corrected chi connectivity index (χ1v) is 10.2. The molecule has 1 aliphatic rings. The number of hydrogen-bond donors (Lipinski definition) is 0. The molecule has 24 heavy (non-hydrogen) atoms. The predicted octanol–water partition coefficient (Wildman–Crippen LogP) is 1.71. The highest BCUT2D eigenvalue weighted by Gasteiger charge is 2.26. The van der Waals surface area contributed by atoms with Crippen molar-refractivity contribution in [3.05, 3.63) is 33.8 Å². The molecule has 2 rings (SSSR count). The molecule has 0 radical (unpaired) electrons. The molecule has 0 unspecified atom stereocenters. The van der Waals surface area contributed by atoms with E-state index in [1.54, 1.807) is 28.0 Å². The molecule has 0 spiro atoms. The van der Waals surface area contributed by atoms with Crippen LogP contribution in [0.5, 0.6) is 0 Å². The van der Waals surface area contributed by atoms with Crippen LogP contribution in [-0.2, 0) is 14.6 Å². The number of sulfone groups is 1. The van der Waals surface area contributed by atoms with Crippen molar-refractivity contribution in [2.75, 3.05) is 38.2 Å². The molecule has 1 heterocycles. The Hall–Kier alpha value is -1.31. The van der Waals surface area contributed by atoms with Gasteiger partial charge in [0.1, 0.15) is 9.84 Å².